The lowest BCUT2D eigenvalue weighted by molar-refractivity contribution is 0.0526. The van der Waals surface area contributed by atoms with Gasteiger partial charge >= 0.3 is 5.97 Å². The largest absolute Gasteiger partial charge is 0.489 e. The van der Waals surface area contributed by atoms with Crippen molar-refractivity contribution in [3.05, 3.63) is 93.5 Å². The summed E-state index contributed by atoms with van der Waals surface area (Å²) in [6, 6.07) is 18.8. The molecule has 0 fully saturated rings. The van der Waals surface area contributed by atoms with Crippen LogP contribution in [0.5, 0.6) is 5.75 Å². The van der Waals surface area contributed by atoms with Crippen LogP contribution in [-0.4, -0.2) is 18.5 Å². The molecule has 3 aromatic carbocycles. The number of carbonyl (C=O) groups excluding carboxylic acids is 2. The van der Waals surface area contributed by atoms with Crippen molar-refractivity contribution in [3.8, 4) is 5.75 Å². The molecular weight excluding hydrogens is 425 g/mol. The molecule has 0 radical (unpaired) electrons. The van der Waals surface area contributed by atoms with Gasteiger partial charge in [-0.25, -0.2) is 4.79 Å². The van der Waals surface area contributed by atoms with Crippen molar-refractivity contribution in [2.75, 3.05) is 11.9 Å². The Labute approximate surface area is 184 Å². The van der Waals surface area contributed by atoms with Gasteiger partial charge in [-0.1, -0.05) is 47.5 Å². The van der Waals surface area contributed by atoms with Crippen LogP contribution in [0.1, 0.15) is 33.2 Å². The molecule has 0 aromatic heterocycles. The van der Waals surface area contributed by atoms with Gasteiger partial charge in [0.05, 0.1) is 17.2 Å². The molecular formula is C23H19Cl2NO4. The topological polar surface area (TPSA) is 64.6 Å². The Balaban J connectivity index is 1.70. The molecule has 0 bridgehead atoms. The summed E-state index contributed by atoms with van der Waals surface area (Å²) in [7, 11) is 0. The van der Waals surface area contributed by atoms with Crippen LogP contribution in [0.4, 0.5) is 5.69 Å². The van der Waals surface area contributed by atoms with E-state index in [-0.39, 0.29) is 29.7 Å². The third-order valence-electron chi connectivity index (χ3n) is 4.17. The van der Waals surface area contributed by atoms with E-state index in [0.29, 0.717) is 22.0 Å². The number of halogens is 2. The summed E-state index contributed by atoms with van der Waals surface area (Å²) in [4.78, 5) is 24.6. The average Bonchev–Trinajstić information content (AvgIpc) is 2.75. The molecule has 0 aliphatic rings. The molecule has 154 valence electrons. The molecule has 1 N–H and O–H groups in total. The Morgan fingerprint density at radius 1 is 0.933 bits per heavy atom. The van der Waals surface area contributed by atoms with E-state index in [0.717, 1.165) is 5.56 Å². The van der Waals surface area contributed by atoms with Crippen LogP contribution in [-0.2, 0) is 11.3 Å². The molecule has 0 heterocycles. The standard InChI is InChI=1S/C23H19Cl2NO4/c1-2-29-23(28)19-13-17(10-11-21(19)25)26-22(27)15-7-5-8-18(12-15)30-14-16-6-3-4-9-20(16)24/h3-13H,2,14H2,1H3,(H,26,27). The molecule has 7 heteroatoms. The van der Waals surface area contributed by atoms with Gasteiger partial charge in [-0.15, -0.1) is 0 Å². The second kappa shape index (κ2) is 10.1. The van der Waals surface area contributed by atoms with E-state index < -0.39 is 5.97 Å². The third kappa shape index (κ3) is 5.53. The van der Waals surface area contributed by atoms with Gasteiger partial charge < -0.3 is 14.8 Å². The highest BCUT2D eigenvalue weighted by Gasteiger charge is 2.14. The summed E-state index contributed by atoms with van der Waals surface area (Å²) in [6.45, 7) is 2.22. The van der Waals surface area contributed by atoms with E-state index in [1.54, 1.807) is 43.3 Å². The van der Waals surface area contributed by atoms with E-state index in [1.165, 1.54) is 12.1 Å². The van der Waals surface area contributed by atoms with Crippen molar-refractivity contribution >= 4 is 40.8 Å². The first kappa shape index (κ1) is 21.7. The Hall–Kier alpha value is -3.02. The van der Waals surface area contributed by atoms with E-state index >= 15 is 0 Å². The van der Waals surface area contributed by atoms with Crippen LogP contribution in [0.3, 0.4) is 0 Å². The molecule has 0 aliphatic heterocycles. The summed E-state index contributed by atoms with van der Waals surface area (Å²) in [5.41, 5.74) is 1.86. The summed E-state index contributed by atoms with van der Waals surface area (Å²) in [5.74, 6) is -0.366. The highest BCUT2D eigenvalue weighted by atomic mass is 35.5. The lowest BCUT2D eigenvalue weighted by Crippen LogP contribution is -2.13. The second-order valence-corrected chi connectivity index (χ2v) is 7.09. The Bertz CT molecular complexity index is 1070. The first-order chi connectivity index (χ1) is 14.5. The van der Waals surface area contributed by atoms with Crippen molar-refractivity contribution in [2.45, 2.75) is 13.5 Å². The third-order valence-corrected chi connectivity index (χ3v) is 4.87. The molecule has 3 rings (SSSR count). The normalized spacial score (nSPS) is 10.4. The van der Waals surface area contributed by atoms with Gasteiger partial charge in [-0.3, -0.25) is 4.79 Å². The predicted molar refractivity (Wildman–Crippen MR) is 118 cm³/mol. The van der Waals surface area contributed by atoms with Gasteiger partial charge in [0, 0.05) is 21.8 Å². The number of ether oxygens (including phenoxy) is 2. The van der Waals surface area contributed by atoms with Crippen LogP contribution in [0.25, 0.3) is 0 Å². The average molecular weight is 444 g/mol. The summed E-state index contributed by atoms with van der Waals surface area (Å²) in [5, 5.41) is 3.62. The monoisotopic (exact) mass is 443 g/mol. The molecule has 0 saturated heterocycles. The Morgan fingerprint density at radius 3 is 2.50 bits per heavy atom. The molecule has 0 spiro atoms. The van der Waals surface area contributed by atoms with E-state index in [2.05, 4.69) is 5.32 Å². The van der Waals surface area contributed by atoms with Gasteiger partial charge in [-0.2, -0.15) is 0 Å². The van der Waals surface area contributed by atoms with Crippen molar-refractivity contribution in [3.63, 3.8) is 0 Å². The summed E-state index contributed by atoms with van der Waals surface area (Å²) >= 11 is 12.2. The van der Waals surface area contributed by atoms with E-state index in [9.17, 15) is 9.59 Å². The van der Waals surface area contributed by atoms with Crippen LogP contribution in [0.2, 0.25) is 10.0 Å². The second-order valence-electron chi connectivity index (χ2n) is 6.28. The molecule has 1 amide bonds. The molecule has 0 saturated carbocycles. The highest BCUT2D eigenvalue weighted by Crippen LogP contribution is 2.23. The van der Waals surface area contributed by atoms with Gasteiger partial charge in [0.1, 0.15) is 12.4 Å². The number of nitrogens with one attached hydrogen (secondary N) is 1. The smallest absolute Gasteiger partial charge is 0.339 e. The van der Waals surface area contributed by atoms with Gasteiger partial charge in [0.2, 0.25) is 0 Å². The summed E-state index contributed by atoms with van der Waals surface area (Å²) < 4.78 is 10.7. The van der Waals surface area contributed by atoms with Crippen LogP contribution < -0.4 is 10.1 Å². The fourth-order valence-corrected chi connectivity index (χ4v) is 3.06. The maximum Gasteiger partial charge on any atom is 0.339 e. The Morgan fingerprint density at radius 2 is 1.73 bits per heavy atom. The zero-order valence-electron chi connectivity index (χ0n) is 16.2. The van der Waals surface area contributed by atoms with Gasteiger partial charge in [0.15, 0.2) is 0 Å². The zero-order valence-corrected chi connectivity index (χ0v) is 17.7. The number of benzene rings is 3. The number of hydrogen-bond donors (Lipinski definition) is 1. The number of amides is 1. The predicted octanol–water partition coefficient (Wildman–Crippen LogP) is 6.00. The van der Waals surface area contributed by atoms with E-state index in [1.807, 2.05) is 18.2 Å². The maximum atomic E-state index is 12.6. The van der Waals surface area contributed by atoms with Crippen LogP contribution >= 0.6 is 23.2 Å². The van der Waals surface area contributed by atoms with Crippen molar-refractivity contribution in [1.29, 1.82) is 0 Å². The number of esters is 1. The molecule has 0 unspecified atom stereocenters. The molecule has 0 atom stereocenters. The fourth-order valence-electron chi connectivity index (χ4n) is 2.68. The zero-order chi connectivity index (χ0) is 21.5. The molecule has 3 aromatic rings. The van der Waals surface area contributed by atoms with Crippen molar-refractivity contribution in [2.24, 2.45) is 0 Å². The number of carbonyl (C=O) groups is 2. The molecule has 0 aliphatic carbocycles. The number of anilines is 1. The lowest BCUT2D eigenvalue weighted by Gasteiger charge is -2.11. The molecule has 30 heavy (non-hydrogen) atoms. The highest BCUT2D eigenvalue weighted by molar-refractivity contribution is 6.33. The maximum absolute atomic E-state index is 12.6. The minimum Gasteiger partial charge on any atom is -0.489 e. The van der Waals surface area contributed by atoms with Gasteiger partial charge in [0.25, 0.3) is 5.91 Å². The Kier molecular flexibility index (Phi) is 7.33. The van der Waals surface area contributed by atoms with Crippen LogP contribution in [0, 0.1) is 0 Å². The van der Waals surface area contributed by atoms with Crippen molar-refractivity contribution in [1.82, 2.24) is 0 Å². The van der Waals surface area contributed by atoms with Gasteiger partial charge in [-0.05, 0) is 49.4 Å². The number of rotatable bonds is 7. The lowest BCUT2D eigenvalue weighted by atomic mass is 10.1. The van der Waals surface area contributed by atoms with Crippen molar-refractivity contribution < 1.29 is 19.1 Å². The molecule has 5 nitrogen and oxygen atoms in total. The number of hydrogen-bond acceptors (Lipinski definition) is 4. The first-order valence-corrected chi connectivity index (χ1v) is 9.98. The van der Waals surface area contributed by atoms with Crippen LogP contribution in [0.15, 0.2) is 66.7 Å². The quantitative estimate of drug-likeness (QED) is 0.454. The first-order valence-electron chi connectivity index (χ1n) is 9.22. The summed E-state index contributed by atoms with van der Waals surface area (Å²) in [6.07, 6.45) is 0. The van der Waals surface area contributed by atoms with E-state index in [4.69, 9.17) is 32.7 Å². The minimum atomic E-state index is -0.548. The SMILES string of the molecule is CCOC(=O)c1cc(NC(=O)c2cccc(OCc3ccccc3Cl)c2)ccc1Cl. The minimum absolute atomic E-state index is 0.188. The fraction of sp³-hybridized carbons (Fsp3) is 0.130.